The van der Waals surface area contributed by atoms with E-state index in [2.05, 4.69) is 44.0 Å². The standard InChI is InChI=1S/C26H34N4O3/c1-16(31)24(32)30-11-7-10-19(15-30)17-8-6-9-18(12-17)21-13-20(14-26(2,3)4)22-23(27-21)29(5)25(33)28-22/h6,8-9,12-13,16,19,31H,7,10-11,14-15H2,1-5H3,(H,28,33). The summed E-state index contributed by atoms with van der Waals surface area (Å²) in [7, 11) is 1.74. The van der Waals surface area contributed by atoms with Crippen LogP contribution in [0.1, 0.15) is 57.6 Å². The molecule has 0 bridgehead atoms. The molecule has 1 amide bonds. The van der Waals surface area contributed by atoms with Crippen LogP contribution in [0.2, 0.25) is 0 Å². The quantitative estimate of drug-likeness (QED) is 0.635. The number of aryl methyl sites for hydroxylation is 1. The lowest BCUT2D eigenvalue weighted by atomic mass is 9.87. The van der Waals surface area contributed by atoms with Crippen LogP contribution < -0.4 is 5.69 Å². The topological polar surface area (TPSA) is 91.2 Å². The highest BCUT2D eigenvalue weighted by Crippen LogP contribution is 2.32. The van der Waals surface area contributed by atoms with Crippen LogP contribution in [0.15, 0.2) is 35.1 Å². The van der Waals surface area contributed by atoms with Crippen LogP contribution in [0, 0.1) is 5.41 Å². The summed E-state index contributed by atoms with van der Waals surface area (Å²) in [6, 6.07) is 10.4. The number of benzene rings is 1. The van der Waals surface area contributed by atoms with Crippen LogP contribution in [-0.4, -0.2) is 49.6 Å². The zero-order valence-electron chi connectivity index (χ0n) is 20.2. The Morgan fingerprint density at radius 2 is 2.06 bits per heavy atom. The first-order valence-electron chi connectivity index (χ1n) is 11.7. The largest absolute Gasteiger partial charge is 0.384 e. The fraction of sp³-hybridized carbons (Fsp3) is 0.500. The second-order valence-electron chi connectivity index (χ2n) is 10.5. The van der Waals surface area contributed by atoms with Gasteiger partial charge in [-0.1, -0.05) is 39.0 Å². The highest BCUT2D eigenvalue weighted by molar-refractivity contribution is 5.81. The van der Waals surface area contributed by atoms with Gasteiger partial charge in [0.05, 0.1) is 11.2 Å². The maximum absolute atomic E-state index is 12.3. The molecule has 4 rings (SSSR count). The number of aromatic nitrogens is 3. The molecule has 176 valence electrons. The molecule has 3 heterocycles. The number of pyridine rings is 1. The van der Waals surface area contributed by atoms with Crippen molar-refractivity contribution < 1.29 is 9.90 Å². The molecule has 1 saturated heterocycles. The number of fused-ring (bicyclic) bond motifs is 1. The molecule has 2 aromatic heterocycles. The van der Waals surface area contributed by atoms with Crippen LogP contribution in [0.25, 0.3) is 22.4 Å². The number of aliphatic hydroxyl groups excluding tert-OH is 1. The van der Waals surface area contributed by atoms with Crippen molar-refractivity contribution in [2.75, 3.05) is 13.1 Å². The van der Waals surface area contributed by atoms with Crippen LogP contribution in [0.3, 0.4) is 0 Å². The van der Waals surface area contributed by atoms with E-state index in [0.29, 0.717) is 18.7 Å². The van der Waals surface area contributed by atoms with Crippen LogP contribution >= 0.6 is 0 Å². The first-order chi connectivity index (χ1) is 15.5. The van der Waals surface area contributed by atoms with Crippen LogP contribution in [-0.2, 0) is 18.3 Å². The molecule has 1 fully saturated rings. The number of amides is 1. The first-order valence-corrected chi connectivity index (χ1v) is 11.7. The Hall–Kier alpha value is -2.93. The number of hydrogen-bond donors (Lipinski definition) is 2. The number of aromatic amines is 1. The molecule has 0 spiro atoms. The van der Waals surface area contributed by atoms with E-state index in [1.165, 1.54) is 6.92 Å². The third-order valence-electron chi connectivity index (χ3n) is 6.40. The highest BCUT2D eigenvalue weighted by atomic mass is 16.3. The molecule has 0 radical (unpaired) electrons. The van der Waals surface area contributed by atoms with Gasteiger partial charge in [-0.15, -0.1) is 0 Å². The molecule has 2 unspecified atom stereocenters. The molecule has 7 nitrogen and oxygen atoms in total. The summed E-state index contributed by atoms with van der Waals surface area (Å²) in [4.78, 5) is 34.2. The van der Waals surface area contributed by atoms with Gasteiger partial charge in [0.15, 0.2) is 5.65 Å². The summed E-state index contributed by atoms with van der Waals surface area (Å²) in [6.07, 6.45) is 1.76. The Morgan fingerprint density at radius 1 is 1.30 bits per heavy atom. The van der Waals surface area contributed by atoms with E-state index in [-0.39, 0.29) is 22.9 Å². The number of rotatable bonds is 4. The van der Waals surface area contributed by atoms with Gasteiger partial charge in [-0.25, -0.2) is 9.78 Å². The van der Waals surface area contributed by atoms with Gasteiger partial charge in [0.2, 0.25) is 0 Å². The van der Waals surface area contributed by atoms with Gasteiger partial charge in [-0.3, -0.25) is 9.36 Å². The van der Waals surface area contributed by atoms with Crippen molar-refractivity contribution >= 4 is 17.1 Å². The molecule has 0 saturated carbocycles. The average molecular weight is 451 g/mol. The summed E-state index contributed by atoms with van der Waals surface area (Å²) in [5, 5.41) is 9.71. The second-order valence-corrected chi connectivity index (χ2v) is 10.5. The minimum Gasteiger partial charge on any atom is -0.384 e. The van der Waals surface area contributed by atoms with Gasteiger partial charge in [0.25, 0.3) is 5.91 Å². The zero-order valence-corrected chi connectivity index (χ0v) is 20.2. The van der Waals surface area contributed by atoms with Crippen molar-refractivity contribution in [1.82, 2.24) is 19.4 Å². The lowest BCUT2D eigenvalue weighted by molar-refractivity contribution is -0.140. The van der Waals surface area contributed by atoms with Gasteiger partial charge < -0.3 is 15.0 Å². The molecule has 1 aromatic carbocycles. The molecular formula is C26H34N4O3. The van der Waals surface area contributed by atoms with Crippen molar-refractivity contribution in [2.24, 2.45) is 12.5 Å². The van der Waals surface area contributed by atoms with E-state index in [9.17, 15) is 14.7 Å². The number of aliphatic hydroxyl groups is 1. The summed E-state index contributed by atoms with van der Waals surface area (Å²) in [5.74, 6) is 0.0129. The molecule has 1 aliphatic heterocycles. The van der Waals surface area contributed by atoms with Crippen molar-refractivity contribution in [3.63, 3.8) is 0 Å². The summed E-state index contributed by atoms with van der Waals surface area (Å²) >= 11 is 0. The number of H-pyrrole nitrogens is 1. The molecule has 2 atom stereocenters. The second kappa shape index (κ2) is 8.78. The smallest absolute Gasteiger partial charge is 0.327 e. The Kier molecular flexibility index (Phi) is 6.18. The molecular weight excluding hydrogens is 416 g/mol. The Morgan fingerprint density at radius 3 is 2.76 bits per heavy atom. The van der Waals surface area contributed by atoms with Gasteiger partial charge in [-0.2, -0.15) is 0 Å². The minimum atomic E-state index is -0.972. The highest BCUT2D eigenvalue weighted by Gasteiger charge is 2.27. The van der Waals surface area contributed by atoms with Crippen molar-refractivity contribution in [2.45, 2.75) is 59.0 Å². The Labute approximate surface area is 194 Å². The summed E-state index contributed by atoms with van der Waals surface area (Å²) < 4.78 is 1.57. The average Bonchev–Trinajstić information content (AvgIpc) is 3.06. The van der Waals surface area contributed by atoms with E-state index >= 15 is 0 Å². The number of nitrogens with one attached hydrogen (secondary N) is 1. The summed E-state index contributed by atoms with van der Waals surface area (Å²) in [6.45, 7) is 9.38. The van der Waals surface area contributed by atoms with Crippen molar-refractivity contribution in [3.8, 4) is 11.3 Å². The maximum atomic E-state index is 12.3. The van der Waals surface area contributed by atoms with E-state index in [1.807, 2.05) is 12.1 Å². The molecule has 0 aliphatic carbocycles. The van der Waals surface area contributed by atoms with E-state index in [0.717, 1.165) is 47.2 Å². The van der Waals surface area contributed by atoms with Crippen molar-refractivity contribution in [3.05, 3.63) is 51.9 Å². The number of imidazole rings is 1. The Bertz CT molecular complexity index is 1230. The van der Waals surface area contributed by atoms with Crippen molar-refractivity contribution in [1.29, 1.82) is 0 Å². The fourth-order valence-corrected chi connectivity index (χ4v) is 4.77. The van der Waals surface area contributed by atoms with E-state index in [1.54, 1.807) is 16.5 Å². The molecule has 3 aromatic rings. The minimum absolute atomic E-state index is 0.0576. The third kappa shape index (κ3) is 4.88. The van der Waals surface area contributed by atoms with Crippen LogP contribution in [0.4, 0.5) is 0 Å². The zero-order chi connectivity index (χ0) is 23.9. The number of piperidine rings is 1. The first kappa shape index (κ1) is 23.2. The Balaban J connectivity index is 1.72. The lowest BCUT2D eigenvalue weighted by Crippen LogP contribution is -2.43. The number of carbonyl (C=O) groups excluding carboxylic acids is 1. The monoisotopic (exact) mass is 450 g/mol. The summed E-state index contributed by atoms with van der Waals surface area (Å²) in [5.41, 5.74) is 5.44. The predicted molar refractivity (Wildman–Crippen MR) is 130 cm³/mol. The molecule has 2 N–H and O–H groups in total. The molecule has 33 heavy (non-hydrogen) atoms. The number of carbonyl (C=O) groups is 1. The van der Waals surface area contributed by atoms with E-state index < -0.39 is 6.10 Å². The van der Waals surface area contributed by atoms with E-state index in [4.69, 9.17) is 4.98 Å². The molecule has 1 aliphatic rings. The van der Waals surface area contributed by atoms with Gasteiger partial charge in [0.1, 0.15) is 6.10 Å². The van der Waals surface area contributed by atoms with Gasteiger partial charge >= 0.3 is 5.69 Å². The molecule has 7 heteroatoms. The number of likely N-dealkylation sites (tertiary alicyclic amines) is 1. The normalized spacial score (nSPS) is 18.0. The predicted octanol–water partition coefficient (Wildman–Crippen LogP) is 3.60. The third-order valence-corrected chi connectivity index (χ3v) is 6.40. The SMILES string of the molecule is CC(O)C(=O)N1CCCC(c2cccc(-c3cc(CC(C)(C)C)c4[nH]c(=O)n(C)c4n3)c2)C1. The van der Waals surface area contributed by atoms with Gasteiger partial charge in [-0.05, 0) is 54.9 Å². The lowest BCUT2D eigenvalue weighted by Gasteiger charge is -2.34. The van der Waals surface area contributed by atoms with Gasteiger partial charge in [0, 0.05) is 31.6 Å². The fourth-order valence-electron chi connectivity index (χ4n) is 4.77. The number of nitrogens with zero attached hydrogens (tertiary/aromatic N) is 3. The number of hydrogen-bond acceptors (Lipinski definition) is 4. The maximum Gasteiger partial charge on any atom is 0.327 e. The van der Waals surface area contributed by atoms with Crippen LogP contribution in [0.5, 0.6) is 0 Å².